The fraction of sp³-hybridized carbons (Fsp3) is 0.333. The minimum absolute atomic E-state index is 0.123. The molecule has 0 radical (unpaired) electrons. The van der Waals surface area contributed by atoms with Crippen LogP contribution in [0.15, 0.2) is 48.8 Å². The van der Waals surface area contributed by atoms with Crippen LogP contribution in [-0.4, -0.2) is 28.2 Å². The molecule has 0 bridgehead atoms. The van der Waals surface area contributed by atoms with Crippen molar-refractivity contribution < 1.29 is 13.5 Å². The number of alkyl halides is 2. The molecule has 1 saturated heterocycles. The quantitative estimate of drug-likeness (QED) is 0.803. The SMILES string of the molecule is FC(F)Oc1ccc(NC(=S)N2CCCCC2c2cccnc2)cc1. The molecule has 2 heterocycles. The number of ether oxygens (including phenoxy) is 1. The Bertz CT molecular complexity index is 697. The molecule has 4 nitrogen and oxygen atoms in total. The number of hydrogen-bond donors (Lipinski definition) is 1. The highest BCUT2D eigenvalue weighted by molar-refractivity contribution is 7.80. The zero-order valence-corrected chi connectivity index (χ0v) is 14.4. The van der Waals surface area contributed by atoms with Crippen LogP contribution in [0.25, 0.3) is 0 Å². The van der Waals surface area contributed by atoms with Crippen molar-refractivity contribution in [1.29, 1.82) is 0 Å². The largest absolute Gasteiger partial charge is 0.435 e. The van der Waals surface area contributed by atoms with Gasteiger partial charge in [0.1, 0.15) is 5.75 Å². The molecule has 0 saturated carbocycles. The van der Waals surface area contributed by atoms with Gasteiger partial charge >= 0.3 is 6.61 Å². The van der Waals surface area contributed by atoms with Gasteiger partial charge in [-0.1, -0.05) is 6.07 Å². The number of likely N-dealkylation sites (tertiary alicyclic amines) is 1. The maximum absolute atomic E-state index is 12.2. The topological polar surface area (TPSA) is 37.4 Å². The van der Waals surface area contributed by atoms with Crippen LogP contribution in [0.2, 0.25) is 0 Å². The van der Waals surface area contributed by atoms with Crippen molar-refractivity contribution in [2.75, 3.05) is 11.9 Å². The highest BCUT2D eigenvalue weighted by Gasteiger charge is 2.26. The summed E-state index contributed by atoms with van der Waals surface area (Å²) in [7, 11) is 0. The van der Waals surface area contributed by atoms with E-state index in [1.165, 1.54) is 12.1 Å². The maximum atomic E-state index is 12.2. The Morgan fingerprint density at radius 1 is 1.24 bits per heavy atom. The molecule has 1 aliphatic rings. The lowest BCUT2D eigenvalue weighted by Gasteiger charge is -2.37. The second kappa shape index (κ2) is 8.20. The van der Waals surface area contributed by atoms with Gasteiger partial charge in [0, 0.05) is 24.6 Å². The summed E-state index contributed by atoms with van der Waals surface area (Å²) < 4.78 is 28.8. The third kappa shape index (κ3) is 4.63. The standard InChI is InChI=1S/C18H19F2N3OS/c19-17(20)24-15-8-6-14(7-9-15)22-18(25)23-11-2-1-5-16(23)13-4-3-10-21-12-13/h3-4,6-10,12,16-17H,1-2,5,11H2,(H,22,25). The van der Waals surface area contributed by atoms with Gasteiger partial charge in [-0.3, -0.25) is 4.98 Å². The van der Waals surface area contributed by atoms with Gasteiger partial charge in [0.05, 0.1) is 6.04 Å². The van der Waals surface area contributed by atoms with E-state index in [4.69, 9.17) is 12.2 Å². The molecule has 1 fully saturated rings. The summed E-state index contributed by atoms with van der Waals surface area (Å²) in [5.41, 5.74) is 1.88. The monoisotopic (exact) mass is 363 g/mol. The number of aromatic nitrogens is 1. The molecule has 1 aromatic carbocycles. The van der Waals surface area contributed by atoms with Crippen molar-refractivity contribution in [3.63, 3.8) is 0 Å². The lowest BCUT2D eigenvalue weighted by atomic mass is 9.97. The Morgan fingerprint density at radius 3 is 2.72 bits per heavy atom. The molecule has 1 N–H and O–H groups in total. The summed E-state index contributed by atoms with van der Waals surface area (Å²) >= 11 is 5.58. The molecular formula is C18H19F2N3OS. The average molecular weight is 363 g/mol. The first kappa shape index (κ1) is 17.5. The van der Waals surface area contributed by atoms with Gasteiger partial charge in [0.2, 0.25) is 0 Å². The Balaban J connectivity index is 1.68. The van der Waals surface area contributed by atoms with Crippen LogP contribution in [0.3, 0.4) is 0 Å². The number of piperidine rings is 1. The number of thiocarbonyl (C=S) groups is 1. The molecule has 7 heteroatoms. The normalized spacial score (nSPS) is 17.4. The number of hydrogen-bond acceptors (Lipinski definition) is 3. The van der Waals surface area contributed by atoms with Gasteiger partial charge in [-0.05, 0) is 67.4 Å². The first-order valence-corrected chi connectivity index (χ1v) is 8.57. The van der Waals surface area contributed by atoms with E-state index >= 15 is 0 Å². The smallest absolute Gasteiger partial charge is 0.387 e. The van der Waals surface area contributed by atoms with Gasteiger partial charge in [0.25, 0.3) is 0 Å². The van der Waals surface area contributed by atoms with E-state index in [-0.39, 0.29) is 11.8 Å². The zero-order valence-electron chi connectivity index (χ0n) is 13.6. The van der Waals surface area contributed by atoms with Crippen molar-refractivity contribution >= 4 is 23.0 Å². The molecule has 0 aliphatic carbocycles. The van der Waals surface area contributed by atoms with Crippen LogP contribution in [0.4, 0.5) is 14.5 Å². The highest BCUT2D eigenvalue weighted by atomic mass is 32.1. The van der Waals surface area contributed by atoms with Crippen molar-refractivity contribution in [2.45, 2.75) is 31.9 Å². The van der Waals surface area contributed by atoms with E-state index in [0.717, 1.165) is 37.1 Å². The predicted octanol–water partition coefficient (Wildman–Crippen LogP) is 4.61. The summed E-state index contributed by atoms with van der Waals surface area (Å²) in [6, 6.07) is 10.5. The summed E-state index contributed by atoms with van der Waals surface area (Å²) in [4.78, 5) is 6.37. The van der Waals surface area contributed by atoms with E-state index in [0.29, 0.717) is 5.11 Å². The first-order valence-electron chi connectivity index (χ1n) is 8.16. The highest BCUT2D eigenvalue weighted by Crippen LogP contribution is 2.31. The molecule has 0 spiro atoms. The number of nitrogens with one attached hydrogen (secondary N) is 1. The van der Waals surface area contributed by atoms with E-state index < -0.39 is 6.61 Å². The predicted molar refractivity (Wildman–Crippen MR) is 96.8 cm³/mol. The summed E-state index contributed by atoms with van der Waals surface area (Å²) in [6.07, 6.45) is 6.89. The molecule has 132 valence electrons. The Morgan fingerprint density at radius 2 is 2.04 bits per heavy atom. The number of nitrogens with zero attached hydrogens (tertiary/aromatic N) is 2. The number of halogens is 2. The van der Waals surface area contributed by atoms with E-state index in [9.17, 15) is 8.78 Å². The molecule has 0 amide bonds. The molecule has 3 rings (SSSR count). The van der Waals surface area contributed by atoms with Crippen LogP contribution in [0, 0.1) is 0 Å². The first-order chi connectivity index (χ1) is 12.1. The summed E-state index contributed by atoms with van der Waals surface area (Å²) in [6.45, 7) is -1.95. The number of anilines is 1. The molecule has 1 unspecified atom stereocenters. The minimum Gasteiger partial charge on any atom is -0.435 e. The molecule has 1 atom stereocenters. The lowest BCUT2D eigenvalue weighted by Crippen LogP contribution is -2.41. The third-order valence-electron chi connectivity index (χ3n) is 4.16. The van der Waals surface area contributed by atoms with Crippen LogP contribution >= 0.6 is 12.2 Å². The Kier molecular flexibility index (Phi) is 5.75. The maximum Gasteiger partial charge on any atom is 0.387 e. The van der Waals surface area contributed by atoms with Gasteiger partial charge < -0.3 is 15.0 Å². The fourth-order valence-corrected chi connectivity index (χ4v) is 3.35. The van der Waals surface area contributed by atoms with Crippen molar-refractivity contribution in [1.82, 2.24) is 9.88 Å². The second-order valence-corrected chi connectivity index (χ2v) is 6.21. The van der Waals surface area contributed by atoms with Crippen LogP contribution < -0.4 is 10.1 Å². The van der Waals surface area contributed by atoms with Gasteiger partial charge in [0.15, 0.2) is 5.11 Å². The van der Waals surface area contributed by atoms with Crippen LogP contribution in [0.1, 0.15) is 30.9 Å². The molecular weight excluding hydrogens is 344 g/mol. The van der Waals surface area contributed by atoms with E-state index in [1.54, 1.807) is 18.3 Å². The van der Waals surface area contributed by atoms with Gasteiger partial charge in [-0.2, -0.15) is 8.78 Å². The second-order valence-electron chi connectivity index (χ2n) is 5.82. The molecule has 1 aromatic heterocycles. The number of rotatable bonds is 4. The molecule has 1 aliphatic heterocycles. The minimum atomic E-state index is -2.83. The average Bonchev–Trinajstić information content (AvgIpc) is 2.63. The zero-order chi connectivity index (χ0) is 17.6. The lowest BCUT2D eigenvalue weighted by molar-refractivity contribution is -0.0498. The number of pyridine rings is 1. The molecule has 25 heavy (non-hydrogen) atoms. The van der Waals surface area contributed by atoms with Crippen LogP contribution in [-0.2, 0) is 0 Å². The Labute approximate surface area is 150 Å². The van der Waals surface area contributed by atoms with Crippen molar-refractivity contribution in [3.05, 3.63) is 54.4 Å². The van der Waals surface area contributed by atoms with E-state index in [2.05, 4.69) is 26.0 Å². The summed E-state index contributed by atoms with van der Waals surface area (Å²) in [5, 5.41) is 3.81. The Hall–Kier alpha value is -2.28. The van der Waals surface area contributed by atoms with Crippen molar-refractivity contribution in [2.24, 2.45) is 0 Å². The van der Waals surface area contributed by atoms with Crippen molar-refractivity contribution in [3.8, 4) is 5.75 Å². The fourth-order valence-electron chi connectivity index (χ4n) is 3.01. The third-order valence-corrected chi connectivity index (χ3v) is 4.50. The number of benzene rings is 1. The van der Waals surface area contributed by atoms with Gasteiger partial charge in [-0.25, -0.2) is 0 Å². The van der Waals surface area contributed by atoms with E-state index in [1.807, 2.05) is 12.3 Å². The summed E-state index contributed by atoms with van der Waals surface area (Å²) in [5.74, 6) is 0.123. The van der Waals surface area contributed by atoms with Crippen LogP contribution in [0.5, 0.6) is 5.75 Å². The van der Waals surface area contributed by atoms with Gasteiger partial charge in [-0.15, -0.1) is 0 Å². The molecule has 2 aromatic rings.